The Kier molecular flexibility index (Phi) is 7.08. The van der Waals surface area contributed by atoms with Crippen LogP contribution in [0, 0.1) is 5.41 Å². The first kappa shape index (κ1) is 23.6. The van der Waals surface area contributed by atoms with Gasteiger partial charge in [-0.25, -0.2) is 4.79 Å². The highest BCUT2D eigenvalue weighted by atomic mass is 19.4. The summed E-state index contributed by atoms with van der Waals surface area (Å²) in [5, 5.41) is 2.42. The molecule has 1 N–H and O–H groups in total. The van der Waals surface area contributed by atoms with Gasteiger partial charge in [0.15, 0.2) is 5.41 Å². The number of alkyl halides is 3. The van der Waals surface area contributed by atoms with Crippen LogP contribution in [0.2, 0.25) is 0 Å². The lowest BCUT2D eigenvalue weighted by molar-refractivity contribution is -0.218. The Labute approximate surface area is 184 Å². The van der Waals surface area contributed by atoms with Crippen molar-refractivity contribution < 1.29 is 32.2 Å². The number of carbonyl (C=O) groups excluding carboxylic acids is 2. The molecule has 32 heavy (non-hydrogen) atoms. The molecule has 1 fully saturated rings. The number of halogens is 3. The van der Waals surface area contributed by atoms with Crippen molar-refractivity contribution in [1.29, 1.82) is 0 Å². The van der Waals surface area contributed by atoms with Crippen LogP contribution in [0.3, 0.4) is 0 Å². The van der Waals surface area contributed by atoms with E-state index in [1.807, 2.05) is 30.3 Å². The number of carbonyl (C=O) groups is 2. The van der Waals surface area contributed by atoms with E-state index in [1.165, 1.54) is 26.4 Å². The first-order valence-electron chi connectivity index (χ1n) is 10.1. The summed E-state index contributed by atoms with van der Waals surface area (Å²) in [6.07, 6.45) is -5.01. The number of ether oxygens (including phenoxy) is 2. The molecular weight excluding hydrogens is 425 g/mol. The summed E-state index contributed by atoms with van der Waals surface area (Å²) in [6.45, 7) is -0.0691. The van der Waals surface area contributed by atoms with Gasteiger partial charge in [0.25, 0.3) is 0 Å². The molecule has 3 rings (SSSR count). The number of nitrogens with one attached hydrogen (secondary N) is 1. The third kappa shape index (κ3) is 4.88. The summed E-state index contributed by atoms with van der Waals surface area (Å²) in [6, 6.07) is 13.7. The minimum atomic E-state index is -4.69. The zero-order valence-corrected chi connectivity index (χ0v) is 17.9. The second-order valence-corrected chi connectivity index (χ2v) is 7.74. The number of benzene rings is 2. The third-order valence-electron chi connectivity index (χ3n) is 5.70. The van der Waals surface area contributed by atoms with E-state index in [4.69, 9.17) is 9.47 Å². The second-order valence-electron chi connectivity index (χ2n) is 7.74. The normalized spacial score (nSPS) is 18.9. The van der Waals surface area contributed by atoms with E-state index in [2.05, 4.69) is 5.32 Å². The molecule has 1 amide bonds. The average molecular weight is 450 g/mol. The fourth-order valence-electron chi connectivity index (χ4n) is 3.90. The van der Waals surface area contributed by atoms with Crippen LogP contribution < -0.4 is 10.1 Å². The van der Waals surface area contributed by atoms with E-state index in [0.717, 1.165) is 5.56 Å². The number of esters is 1. The van der Waals surface area contributed by atoms with Crippen molar-refractivity contribution in [3.63, 3.8) is 0 Å². The van der Waals surface area contributed by atoms with Gasteiger partial charge < -0.3 is 14.8 Å². The fraction of sp³-hybridized carbons (Fsp3) is 0.391. The maximum absolute atomic E-state index is 14.1. The van der Waals surface area contributed by atoms with Crippen molar-refractivity contribution in [2.24, 2.45) is 5.41 Å². The molecule has 2 aromatic rings. The zero-order valence-electron chi connectivity index (χ0n) is 17.9. The minimum Gasteiger partial charge on any atom is -0.496 e. The topological polar surface area (TPSA) is 67.9 Å². The van der Waals surface area contributed by atoms with Gasteiger partial charge in [-0.2, -0.15) is 13.2 Å². The molecule has 6 nitrogen and oxygen atoms in total. The summed E-state index contributed by atoms with van der Waals surface area (Å²) in [4.78, 5) is 26.4. The van der Waals surface area contributed by atoms with E-state index >= 15 is 0 Å². The van der Waals surface area contributed by atoms with Crippen LogP contribution in [0.4, 0.5) is 13.2 Å². The molecule has 0 saturated carbocycles. The van der Waals surface area contributed by atoms with Gasteiger partial charge in [0, 0.05) is 19.6 Å². The molecule has 1 aliphatic rings. The molecule has 1 unspecified atom stereocenters. The number of nitrogens with zero attached hydrogens (tertiary/aromatic N) is 1. The zero-order chi connectivity index (χ0) is 23.4. The molecule has 0 radical (unpaired) electrons. The van der Waals surface area contributed by atoms with Crippen LogP contribution in [0.5, 0.6) is 5.75 Å². The standard InChI is InChI=1S/C23H25F3N2O4/c1-31-19-9-8-17(12-18(19)20(29)32-2)13-27-21(30)22(23(24,25)26)10-11-28(15-22)14-16-6-4-3-5-7-16/h3-9,12H,10-11,13-15H2,1-2H3,(H,27,30). The molecule has 1 atom stereocenters. The summed E-state index contributed by atoms with van der Waals surface area (Å²) >= 11 is 0. The van der Waals surface area contributed by atoms with Gasteiger partial charge in [-0.3, -0.25) is 9.69 Å². The molecule has 172 valence electrons. The Hall–Kier alpha value is -3.07. The monoisotopic (exact) mass is 450 g/mol. The smallest absolute Gasteiger partial charge is 0.404 e. The van der Waals surface area contributed by atoms with Gasteiger partial charge in [-0.1, -0.05) is 36.4 Å². The number of hydrogen-bond acceptors (Lipinski definition) is 5. The van der Waals surface area contributed by atoms with Crippen molar-refractivity contribution >= 4 is 11.9 Å². The molecule has 1 heterocycles. The Balaban J connectivity index is 1.73. The van der Waals surface area contributed by atoms with Gasteiger partial charge in [-0.05, 0) is 36.2 Å². The average Bonchev–Trinajstić information content (AvgIpc) is 3.22. The van der Waals surface area contributed by atoms with Gasteiger partial charge in [0.1, 0.15) is 11.3 Å². The van der Waals surface area contributed by atoms with Crippen LogP contribution in [-0.4, -0.2) is 50.3 Å². The lowest BCUT2D eigenvalue weighted by atomic mass is 9.85. The fourth-order valence-corrected chi connectivity index (χ4v) is 3.90. The highest BCUT2D eigenvalue weighted by Crippen LogP contribution is 2.46. The van der Waals surface area contributed by atoms with Crippen molar-refractivity contribution in [3.05, 3.63) is 65.2 Å². The van der Waals surface area contributed by atoms with Crippen molar-refractivity contribution in [3.8, 4) is 5.75 Å². The number of hydrogen-bond donors (Lipinski definition) is 1. The van der Waals surface area contributed by atoms with Crippen molar-refractivity contribution in [2.45, 2.75) is 25.7 Å². The maximum atomic E-state index is 14.1. The van der Waals surface area contributed by atoms with Gasteiger partial charge in [0.2, 0.25) is 5.91 Å². The Morgan fingerprint density at radius 1 is 1.09 bits per heavy atom. The Bertz CT molecular complexity index is 965. The molecule has 0 aliphatic carbocycles. The first-order valence-corrected chi connectivity index (χ1v) is 10.1. The summed E-state index contributed by atoms with van der Waals surface area (Å²) in [5.74, 6) is -1.45. The first-order chi connectivity index (χ1) is 15.2. The van der Waals surface area contributed by atoms with Gasteiger partial charge in [0.05, 0.1) is 14.2 Å². The quantitative estimate of drug-likeness (QED) is 0.654. The predicted molar refractivity (Wildman–Crippen MR) is 111 cm³/mol. The summed E-state index contributed by atoms with van der Waals surface area (Å²) < 4.78 is 52.0. The third-order valence-corrected chi connectivity index (χ3v) is 5.70. The highest BCUT2D eigenvalue weighted by molar-refractivity contribution is 5.92. The van der Waals surface area contributed by atoms with E-state index in [-0.39, 0.29) is 30.8 Å². The SMILES string of the molecule is COC(=O)c1cc(CNC(=O)C2(C(F)(F)F)CCN(Cc3ccccc3)C2)ccc1OC. The molecule has 2 aromatic carbocycles. The number of amides is 1. The number of likely N-dealkylation sites (tertiary alicyclic amines) is 1. The van der Waals surface area contributed by atoms with Crippen molar-refractivity contribution in [2.75, 3.05) is 27.3 Å². The largest absolute Gasteiger partial charge is 0.496 e. The molecule has 0 spiro atoms. The molecule has 1 aliphatic heterocycles. The van der Waals surface area contributed by atoms with E-state index < -0.39 is 30.0 Å². The molecule has 9 heteroatoms. The van der Waals surface area contributed by atoms with Gasteiger partial charge in [-0.15, -0.1) is 0 Å². The van der Waals surface area contributed by atoms with Crippen LogP contribution in [0.1, 0.15) is 27.9 Å². The van der Waals surface area contributed by atoms with Crippen LogP contribution >= 0.6 is 0 Å². The van der Waals surface area contributed by atoms with E-state index in [1.54, 1.807) is 11.0 Å². The van der Waals surface area contributed by atoms with E-state index in [0.29, 0.717) is 12.1 Å². The molecular formula is C23H25F3N2O4. The molecule has 0 aromatic heterocycles. The van der Waals surface area contributed by atoms with Crippen LogP contribution in [-0.2, 0) is 22.6 Å². The molecule has 0 bridgehead atoms. The molecule has 1 saturated heterocycles. The summed E-state index contributed by atoms with van der Waals surface area (Å²) in [5.41, 5.74) is -1.02. The highest BCUT2D eigenvalue weighted by Gasteiger charge is 2.62. The Morgan fingerprint density at radius 3 is 2.44 bits per heavy atom. The Morgan fingerprint density at radius 2 is 1.81 bits per heavy atom. The number of rotatable bonds is 7. The van der Waals surface area contributed by atoms with E-state index in [9.17, 15) is 22.8 Å². The lowest BCUT2D eigenvalue weighted by Gasteiger charge is -2.30. The lowest BCUT2D eigenvalue weighted by Crippen LogP contribution is -2.52. The van der Waals surface area contributed by atoms with Crippen LogP contribution in [0.15, 0.2) is 48.5 Å². The van der Waals surface area contributed by atoms with Crippen molar-refractivity contribution in [1.82, 2.24) is 10.2 Å². The second kappa shape index (κ2) is 9.60. The van der Waals surface area contributed by atoms with Gasteiger partial charge >= 0.3 is 12.1 Å². The predicted octanol–water partition coefficient (Wildman–Crippen LogP) is 3.55. The minimum absolute atomic E-state index is 0.127. The summed E-state index contributed by atoms with van der Waals surface area (Å²) in [7, 11) is 2.60. The van der Waals surface area contributed by atoms with Crippen LogP contribution in [0.25, 0.3) is 0 Å². The maximum Gasteiger partial charge on any atom is 0.404 e. The number of methoxy groups -OCH3 is 2.